The predicted molar refractivity (Wildman–Crippen MR) is 70.1 cm³/mol. The molecule has 0 spiro atoms. The highest BCUT2D eigenvalue weighted by Gasteiger charge is 2.10. The van der Waals surface area contributed by atoms with E-state index in [1.54, 1.807) is 29.8 Å². The Morgan fingerprint density at radius 3 is 3.00 bits per heavy atom. The summed E-state index contributed by atoms with van der Waals surface area (Å²) in [6, 6.07) is 1.61. The molecule has 2 aromatic rings. The Balaban J connectivity index is 2.03. The minimum Gasteiger partial charge on any atom is -0.345 e. The topological polar surface area (TPSA) is 92.9 Å². The van der Waals surface area contributed by atoms with Crippen molar-refractivity contribution in [1.82, 2.24) is 15.3 Å². The van der Waals surface area contributed by atoms with Crippen molar-refractivity contribution < 1.29 is 4.79 Å². The Kier molecular flexibility index (Phi) is 3.85. The molecule has 0 saturated carbocycles. The van der Waals surface area contributed by atoms with Gasteiger partial charge in [-0.3, -0.25) is 15.6 Å². The average molecular weight is 263 g/mol. The highest BCUT2D eigenvalue weighted by molar-refractivity contribution is 7.11. The molecule has 0 atom stereocenters. The van der Waals surface area contributed by atoms with Crippen molar-refractivity contribution in [3.8, 4) is 0 Å². The Morgan fingerprint density at radius 1 is 1.50 bits per heavy atom. The fourth-order valence-electron chi connectivity index (χ4n) is 1.44. The molecule has 1 amide bonds. The Morgan fingerprint density at radius 2 is 2.33 bits per heavy atom. The number of anilines is 1. The molecule has 4 N–H and O–H groups in total. The number of hydrogen-bond donors (Lipinski definition) is 3. The van der Waals surface area contributed by atoms with E-state index in [0.717, 1.165) is 9.88 Å². The first kappa shape index (κ1) is 12.5. The van der Waals surface area contributed by atoms with Gasteiger partial charge in [-0.2, -0.15) is 0 Å². The maximum Gasteiger partial charge on any atom is 0.253 e. The number of rotatable bonds is 4. The van der Waals surface area contributed by atoms with E-state index in [9.17, 15) is 4.79 Å². The molecule has 0 unspecified atom stereocenters. The summed E-state index contributed by atoms with van der Waals surface area (Å²) in [5.74, 6) is 5.11. The normalized spacial score (nSPS) is 10.1. The van der Waals surface area contributed by atoms with Gasteiger partial charge in [-0.1, -0.05) is 0 Å². The summed E-state index contributed by atoms with van der Waals surface area (Å²) in [5.41, 5.74) is 3.39. The number of hydrogen-bond acceptors (Lipinski definition) is 6. The van der Waals surface area contributed by atoms with Crippen LogP contribution in [-0.2, 0) is 6.54 Å². The molecule has 0 aliphatic carbocycles. The molecule has 0 aromatic carbocycles. The molecule has 2 heterocycles. The molecule has 7 heteroatoms. The molecule has 2 rings (SSSR count). The van der Waals surface area contributed by atoms with Gasteiger partial charge in [-0.05, 0) is 13.0 Å². The number of aromatic nitrogens is 2. The molecule has 0 bridgehead atoms. The number of amides is 1. The third-order valence-corrected chi connectivity index (χ3v) is 3.20. The van der Waals surface area contributed by atoms with E-state index in [0.29, 0.717) is 17.8 Å². The van der Waals surface area contributed by atoms with Crippen LogP contribution in [0.25, 0.3) is 0 Å². The van der Waals surface area contributed by atoms with Gasteiger partial charge >= 0.3 is 0 Å². The number of nitrogens with zero attached hydrogens (tertiary/aromatic N) is 2. The summed E-state index contributed by atoms with van der Waals surface area (Å²) >= 11 is 1.56. The predicted octanol–water partition coefficient (Wildman–Crippen LogP) is 1.06. The van der Waals surface area contributed by atoms with Crippen LogP contribution in [0, 0.1) is 6.92 Å². The van der Waals surface area contributed by atoms with Crippen molar-refractivity contribution in [3.05, 3.63) is 40.1 Å². The number of carbonyl (C=O) groups excluding carboxylic acids is 1. The van der Waals surface area contributed by atoms with E-state index in [2.05, 4.69) is 20.7 Å². The van der Waals surface area contributed by atoms with Gasteiger partial charge in [0.1, 0.15) is 5.01 Å². The number of nitrogens with one attached hydrogen (secondary N) is 2. The summed E-state index contributed by atoms with van der Waals surface area (Å²) in [6.07, 6.45) is 4.83. The number of nitrogen functional groups attached to an aromatic ring is 1. The second-order valence-corrected chi connectivity index (χ2v) is 4.93. The molecule has 0 aliphatic rings. The first-order chi connectivity index (χ1) is 8.70. The van der Waals surface area contributed by atoms with Gasteiger partial charge in [-0.25, -0.2) is 4.98 Å². The van der Waals surface area contributed by atoms with Crippen LogP contribution in [0.5, 0.6) is 0 Å². The number of aryl methyl sites for hydroxylation is 1. The fraction of sp³-hybridized carbons (Fsp3) is 0.182. The third kappa shape index (κ3) is 2.82. The van der Waals surface area contributed by atoms with Gasteiger partial charge in [0.05, 0.1) is 24.0 Å². The van der Waals surface area contributed by atoms with Gasteiger partial charge in [0.2, 0.25) is 0 Å². The van der Waals surface area contributed by atoms with Crippen molar-refractivity contribution in [2.45, 2.75) is 13.5 Å². The lowest BCUT2D eigenvalue weighted by Crippen LogP contribution is -2.24. The summed E-state index contributed by atoms with van der Waals surface area (Å²) in [5, 5.41) is 3.66. The highest BCUT2D eigenvalue weighted by Crippen LogP contribution is 2.13. The quantitative estimate of drug-likeness (QED) is 0.566. The Hall–Kier alpha value is -1.99. The Labute approximate surface area is 108 Å². The summed E-state index contributed by atoms with van der Waals surface area (Å²) < 4.78 is 0. The zero-order valence-electron chi connectivity index (χ0n) is 9.80. The van der Waals surface area contributed by atoms with E-state index >= 15 is 0 Å². The monoisotopic (exact) mass is 263 g/mol. The van der Waals surface area contributed by atoms with Crippen LogP contribution in [0.1, 0.15) is 20.2 Å². The largest absolute Gasteiger partial charge is 0.345 e. The van der Waals surface area contributed by atoms with E-state index in [4.69, 9.17) is 5.84 Å². The zero-order chi connectivity index (χ0) is 13.0. The Bertz CT molecular complexity index is 554. The zero-order valence-corrected chi connectivity index (χ0v) is 10.6. The first-order valence-corrected chi connectivity index (χ1v) is 6.12. The molecule has 0 aliphatic heterocycles. The van der Waals surface area contributed by atoms with Crippen LogP contribution in [0.4, 0.5) is 5.69 Å². The maximum atomic E-state index is 11.9. The SMILES string of the molecule is Cc1cnc(CNC(=O)c2ccncc2NN)s1. The second kappa shape index (κ2) is 5.56. The molecule has 0 radical (unpaired) electrons. The standard InChI is InChI=1S/C11H13N5OS/c1-7-4-14-10(18-7)6-15-11(17)8-2-3-13-5-9(8)16-12/h2-5,16H,6,12H2,1H3,(H,15,17). The van der Waals surface area contributed by atoms with Gasteiger partial charge in [0.25, 0.3) is 5.91 Å². The van der Waals surface area contributed by atoms with Crippen LogP contribution in [0.3, 0.4) is 0 Å². The maximum absolute atomic E-state index is 11.9. The van der Waals surface area contributed by atoms with Gasteiger partial charge in [0.15, 0.2) is 0 Å². The highest BCUT2D eigenvalue weighted by atomic mass is 32.1. The van der Waals surface area contributed by atoms with Crippen LogP contribution in [0.15, 0.2) is 24.7 Å². The summed E-state index contributed by atoms with van der Waals surface area (Å²) in [6.45, 7) is 2.38. The number of pyridine rings is 1. The first-order valence-electron chi connectivity index (χ1n) is 5.31. The van der Waals surface area contributed by atoms with Crippen LogP contribution in [0.2, 0.25) is 0 Å². The summed E-state index contributed by atoms with van der Waals surface area (Å²) in [4.78, 5) is 21.1. The lowest BCUT2D eigenvalue weighted by Gasteiger charge is -2.07. The average Bonchev–Trinajstić information content (AvgIpc) is 2.81. The van der Waals surface area contributed by atoms with E-state index in [1.807, 2.05) is 6.92 Å². The minimum atomic E-state index is -0.210. The third-order valence-electron chi connectivity index (χ3n) is 2.29. The van der Waals surface area contributed by atoms with Crippen molar-refractivity contribution in [2.24, 2.45) is 5.84 Å². The van der Waals surface area contributed by atoms with Crippen LogP contribution < -0.4 is 16.6 Å². The second-order valence-electron chi connectivity index (χ2n) is 3.61. The number of hydrazine groups is 1. The number of carbonyl (C=O) groups is 1. The van der Waals surface area contributed by atoms with Crippen molar-refractivity contribution in [3.63, 3.8) is 0 Å². The molecular formula is C11H13N5OS. The van der Waals surface area contributed by atoms with Gasteiger partial charge in [0, 0.05) is 17.3 Å². The minimum absolute atomic E-state index is 0.210. The van der Waals surface area contributed by atoms with Crippen molar-refractivity contribution in [1.29, 1.82) is 0 Å². The van der Waals surface area contributed by atoms with Crippen LogP contribution in [-0.4, -0.2) is 15.9 Å². The van der Waals surface area contributed by atoms with E-state index in [-0.39, 0.29) is 5.91 Å². The molecular weight excluding hydrogens is 250 g/mol. The molecule has 0 fully saturated rings. The molecule has 6 nitrogen and oxygen atoms in total. The molecule has 18 heavy (non-hydrogen) atoms. The van der Waals surface area contributed by atoms with Gasteiger partial charge < -0.3 is 10.7 Å². The van der Waals surface area contributed by atoms with Crippen molar-refractivity contribution in [2.75, 3.05) is 5.43 Å². The van der Waals surface area contributed by atoms with E-state index < -0.39 is 0 Å². The van der Waals surface area contributed by atoms with Crippen LogP contribution >= 0.6 is 11.3 Å². The van der Waals surface area contributed by atoms with Gasteiger partial charge in [-0.15, -0.1) is 11.3 Å². The molecule has 94 valence electrons. The van der Waals surface area contributed by atoms with E-state index in [1.165, 1.54) is 6.20 Å². The number of thiazole rings is 1. The smallest absolute Gasteiger partial charge is 0.253 e. The number of nitrogens with two attached hydrogens (primary N) is 1. The summed E-state index contributed by atoms with van der Waals surface area (Å²) in [7, 11) is 0. The lowest BCUT2D eigenvalue weighted by molar-refractivity contribution is 0.0951. The molecule has 0 saturated heterocycles. The van der Waals surface area contributed by atoms with Crippen molar-refractivity contribution >= 4 is 22.9 Å². The lowest BCUT2D eigenvalue weighted by atomic mass is 10.2. The molecule has 2 aromatic heterocycles. The fourth-order valence-corrected chi connectivity index (χ4v) is 2.17.